The molecule has 3 spiro atoms. The molecule has 6 N–H and O–H groups in total. The number of aryl methyl sites for hydroxylation is 6. The topological polar surface area (TPSA) is 339 Å². The molecule has 22 nitrogen and oxygen atoms in total. The number of nitrogens with zero attached hydrogens (tertiary/aromatic N) is 2. The molecule has 7 aliphatic rings. The Morgan fingerprint density at radius 3 is 0.901 bits per heavy atom. The van der Waals surface area contributed by atoms with Crippen molar-refractivity contribution in [3.63, 3.8) is 0 Å². The van der Waals surface area contributed by atoms with Gasteiger partial charge in [-0.3, -0.25) is 23.2 Å². The van der Waals surface area contributed by atoms with Gasteiger partial charge in [-0.1, -0.05) is 185 Å². The van der Waals surface area contributed by atoms with Crippen LogP contribution < -0.4 is 0 Å². The molecule has 0 bridgehead atoms. The Balaban J connectivity index is 0.000000113. The van der Waals surface area contributed by atoms with Gasteiger partial charge in [0.15, 0.2) is 0 Å². The van der Waals surface area contributed by atoms with E-state index in [0.717, 1.165) is 191 Å². The van der Waals surface area contributed by atoms with E-state index < -0.39 is 58.2 Å². The quantitative estimate of drug-likeness (QED) is 0.0126. The van der Waals surface area contributed by atoms with Crippen molar-refractivity contribution in [2.45, 2.75) is 87.2 Å². The molecule has 0 fully saturated rings. The molecule has 0 amide bonds. The van der Waals surface area contributed by atoms with Crippen LogP contribution in [0.3, 0.4) is 0 Å². The number of fused-ring (bicyclic) bond motifs is 25. The van der Waals surface area contributed by atoms with Gasteiger partial charge in [0.25, 0.3) is 30.4 Å². The minimum Gasteiger partial charge on any atom is -0.285 e. The highest BCUT2D eigenvalue weighted by molar-refractivity contribution is 7.95. The van der Waals surface area contributed by atoms with Crippen LogP contribution in [0.15, 0.2) is 248 Å². The second-order valence-corrected chi connectivity index (χ2v) is 37.6. The van der Waals surface area contributed by atoms with E-state index in [1.807, 2.05) is 106 Å². The predicted molar refractivity (Wildman–Crippen MR) is 456 cm³/mol. The molecule has 16 aromatic rings. The molecule has 0 radical (unpaired) electrons. The summed E-state index contributed by atoms with van der Waals surface area (Å²) >= 11 is 2.51. The zero-order valence-electron chi connectivity index (χ0n) is 64.0. The molecule has 7 aliphatic carbocycles. The molecule has 0 aliphatic heterocycles. The van der Waals surface area contributed by atoms with Crippen LogP contribution in [-0.4, -0.2) is 76.2 Å². The van der Waals surface area contributed by atoms with Gasteiger partial charge in [0.05, 0.1) is 89.1 Å². The monoisotopic (exact) mass is 1720 g/mol. The fourth-order valence-electron chi connectivity index (χ4n) is 20.9. The van der Waals surface area contributed by atoms with Crippen molar-refractivity contribution in [1.82, 2.24) is 9.97 Å². The summed E-state index contributed by atoms with van der Waals surface area (Å²) in [5, 5.41) is 46.7. The molecule has 0 saturated heterocycles. The first-order valence-corrected chi connectivity index (χ1v) is 44.3. The van der Waals surface area contributed by atoms with Crippen molar-refractivity contribution in [2.24, 2.45) is 0 Å². The Morgan fingerprint density at radius 2 is 0.579 bits per heavy atom. The molecule has 1 aromatic heterocycles. The van der Waals surface area contributed by atoms with Crippen LogP contribution in [0.5, 0.6) is 0 Å². The van der Waals surface area contributed by atoms with Gasteiger partial charge in [-0.15, -0.1) is 13.0 Å². The lowest BCUT2D eigenvalue weighted by Gasteiger charge is -2.31. The van der Waals surface area contributed by atoms with Crippen LogP contribution in [0.2, 0.25) is 0 Å². The molecule has 0 atom stereocenters. The van der Waals surface area contributed by atoms with E-state index in [1.165, 1.54) is 16.8 Å². The average Bonchev–Trinajstić information content (AvgIpc) is 1.51. The Morgan fingerprint density at radius 1 is 0.298 bits per heavy atom. The van der Waals surface area contributed by atoms with Crippen LogP contribution in [0.4, 0.5) is 0 Å². The Bertz CT molecular complexity index is 7700. The first kappa shape index (κ1) is 77.1. The van der Waals surface area contributed by atoms with E-state index in [0.29, 0.717) is 70.3 Å². The van der Waals surface area contributed by atoms with Gasteiger partial charge < -0.3 is 0 Å². The smallest absolute Gasteiger partial charge is 0.285 e. The third-order valence-corrected chi connectivity index (χ3v) is 30.6. The second kappa shape index (κ2) is 27.1. The zero-order chi connectivity index (χ0) is 83.9. The van der Waals surface area contributed by atoms with E-state index in [9.17, 15) is 48.5 Å². The summed E-state index contributed by atoms with van der Waals surface area (Å²) in [6, 6.07) is 70.1. The highest BCUT2D eigenvalue weighted by Crippen LogP contribution is 2.69. The molecule has 1 heterocycles. The third-order valence-electron chi connectivity index (χ3n) is 25.3. The molecular weight excluding hydrogens is 1660 g/mol. The van der Waals surface area contributed by atoms with Gasteiger partial charge in [0.1, 0.15) is 0 Å². The zero-order valence-corrected chi connectivity index (χ0v) is 68.9. The number of rotatable bonds is 12. The lowest BCUT2D eigenvalue weighted by Crippen LogP contribution is -2.26. The minimum absolute atomic E-state index is 0.120. The number of aromatic nitrogens is 2. The number of Topliss-reactive ketones (excluding diaryl/α,β-unsaturated/α-hetero) is 2. The molecular formula is C93H60N2O20S6. The van der Waals surface area contributed by atoms with Crippen molar-refractivity contribution in [3.8, 4) is 44.5 Å². The molecule has 28 heteroatoms. The Kier molecular flexibility index (Phi) is 17.3. The first-order chi connectivity index (χ1) is 58.1. The number of benzene rings is 15. The summed E-state index contributed by atoms with van der Waals surface area (Å²) in [6.45, 7) is 10.8. The van der Waals surface area contributed by atoms with E-state index in [-0.39, 0.29) is 14.7 Å². The highest BCUT2D eigenvalue weighted by Gasteiger charge is 2.58. The summed E-state index contributed by atoms with van der Waals surface area (Å²) in [5.41, 5.74) is 22.6. The number of para-hydroxylation sites is 2. The van der Waals surface area contributed by atoms with Gasteiger partial charge in [-0.2, -0.15) is 25.3 Å². The number of carbonyl (C=O) groups is 2. The minimum atomic E-state index is -4.54. The number of ketones is 2. The Labute approximate surface area is 701 Å². The van der Waals surface area contributed by atoms with Gasteiger partial charge in [0.2, 0.25) is 11.6 Å². The van der Waals surface area contributed by atoms with E-state index in [1.54, 1.807) is 63.2 Å². The molecule has 0 saturated carbocycles. The molecule has 598 valence electrons. The van der Waals surface area contributed by atoms with Crippen LogP contribution in [0.1, 0.15) is 121 Å². The molecule has 23 rings (SSSR count). The standard InChI is InChI=1S/C35H22N2O6S2.C29H18O8S2.C29H20O6S2/c1-17-13-25-21(15-29(17)44-43-42-38)22-16-30(45(39,40)41)18(2)14-26(22)35(25)23-9-5-7-19-31(23)32-20(8-6-10-24(32)35)34-33(19)36-27-11-3-4-12-28(27)37-34;1-13-9-21-17(11-23(13)38-37-36-32)18-12-24(39(33,34)35)14(2)10-22(18)29(21)19-7-3-5-15-25(19)26-16(28(31)27(15)30)6-4-8-20(26)29;1-15-11-23-19(13-25(15)36-35-34-30)20-14-26(37(31,32)33)16(2)12-24(20)29(23)21-7-3-5-17-9-10-18-6-4-8-22(29)28(18)27(17)21/h3-16,38H,1-2H3,(H,39,40,41);3-12,32H,1-2H3,(H,33,34,35);3-14,30H,1-2H3,(H,31,32,33). The third kappa shape index (κ3) is 10.5. The van der Waals surface area contributed by atoms with Crippen LogP contribution in [0, 0.1) is 41.5 Å². The lowest BCUT2D eigenvalue weighted by atomic mass is 9.69. The van der Waals surface area contributed by atoms with Crippen LogP contribution in [0.25, 0.3) is 110 Å². The number of carbonyl (C=O) groups excluding carboxylic acids is 2. The second-order valence-electron chi connectivity index (χ2n) is 31.2. The Hall–Kier alpha value is -11.3. The van der Waals surface area contributed by atoms with Crippen molar-refractivity contribution >= 4 is 143 Å². The van der Waals surface area contributed by atoms with Crippen LogP contribution >= 0.6 is 36.1 Å². The van der Waals surface area contributed by atoms with Gasteiger partial charge >= 0.3 is 0 Å². The first-order valence-electron chi connectivity index (χ1n) is 37.8. The van der Waals surface area contributed by atoms with Gasteiger partial charge in [-0.05, 0) is 267 Å². The van der Waals surface area contributed by atoms with E-state index in [4.69, 9.17) is 38.7 Å². The van der Waals surface area contributed by atoms with Crippen molar-refractivity contribution < 1.29 is 92.4 Å². The van der Waals surface area contributed by atoms with Gasteiger partial charge in [0, 0.05) is 36.6 Å². The fraction of sp³-hybridized carbons (Fsp3) is 0.0968. The van der Waals surface area contributed by atoms with Crippen molar-refractivity contribution in [2.75, 3.05) is 0 Å². The number of hydrogen-bond donors (Lipinski definition) is 6. The summed E-state index contributed by atoms with van der Waals surface area (Å²) in [6.07, 6.45) is 0. The molecule has 121 heavy (non-hydrogen) atoms. The highest BCUT2D eigenvalue weighted by atomic mass is 32.2. The van der Waals surface area contributed by atoms with Crippen molar-refractivity contribution in [1.29, 1.82) is 0 Å². The van der Waals surface area contributed by atoms with E-state index in [2.05, 4.69) is 100 Å². The predicted octanol–water partition coefficient (Wildman–Crippen LogP) is 20.7. The summed E-state index contributed by atoms with van der Waals surface area (Å²) in [4.78, 5) is 38.1. The maximum Gasteiger partial charge on any atom is 0.294 e. The summed E-state index contributed by atoms with van der Waals surface area (Å²) in [5.74, 6) is -1.12. The van der Waals surface area contributed by atoms with Gasteiger partial charge in [-0.25, -0.2) is 25.7 Å². The molecule has 15 aromatic carbocycles. The largest absolute Gasteiger partial charge is 0.294 e. The van der Waals surface area contributed by atoms with E-state index >= 15 is 0 Å². The average molecular weight is 1720 g/mol. The number of hydrogen-bond acceptors (Lipinski definition) is 22. The summed E-state index contributed by atoms with van der Waals surface area (Å²) < 4.78 is 119. The normalized spacial score (nSPS) is 14.8. The maximum atomic E-state index is 13.2. The van der Waals surface area contributed by atoms with Crippen molar-refractivity contribution in [3.05, 3.63) is 330 Å². The van der Waals surface area contributed by atoms with Crippen LogP contribution in [-0.2, 0) is 74.7 Å². The fourth-order valence-corrected chi connectivity index (χ4v) is 24.5. The SMILES string of the molecule is Cc1cc2c(cc1SOOO)-c1cc(S(=O)(=O)O)c(C)cc1C21c2cccc3c2-c2c(cccc21)C(=O)C3=O.Cc1cc2c(cc1SOOO)-c1cc(S(=O)(=O)O)c(C)cc1C21c2cccc3c4nc5ccccc5nc4c4cccc1c4c23.Cc1cc2c(cc1SOOO)-c1cc(S(=O)(=O)O)c(C)cc1C21c2cccc3ccc4cccc1c4c23. The molecule has 0 unspecified atom stereocenters. The summed E-state index contributed by atoms with van der Waals surface area (Å²) in [7, 11) is -13.5. The maximum absolute atomic E-state index is 13.2. The lowest BCUT2D eigenvalue weighted by molar-refractivity contribution is -0.432.